The summed E-state index contributed by atoms with van der Waals surface area (Å²) in [5.41, 5.74) is 0.000955. The van der Waals surface area contributed by atoms with E-state index in [9.17, 15) is 18.0 Å². The highest BCUT2D eigenvalue weighted by molar-refractivity contribution is 6.31. The van der Waals surface area contributed by atoms with Gasteiger partial charge in [-0.25, -0.2) is 0 Å². The van der Waals surface area contributed by atoms with Gasteiger partial charge in [-0.1, -0.05) is 11.6 Å². The maximum absolute atomic E-state index is 13.2. The number of carbonyl (C=O) groups is 1. The predicted octanol–water partition coefficient (Wildman–Crippen LogP) is 3.94. The summed E-state index contributed by atoms with van der Waals surface area (Å²) in [6.07, 6.45) is -1.44. The molecule has 1 fully saturated rings. The first-order valence-electron chi connectivity index (χ1n) is 8.18. The Morgan fingerprint density at radius 2 is 2.00 bits per heavy atom. The molecule has 1 aromatic carbocycles. The number of hydrogen-bond donors (Lipinski definition) is 1. The van der Waals surface area contributed by atoms with Crippen molar-refractivity contribution in [2.45, 2.75) is 25.6 Å². The van der Waals surface area contributed by atoms with Gasteiger partial charge in [-0.05, 0) is 31.0 Å². The number of anilines is 1. The van der Waals surface area contributed by atoms with Crippen LogP contribution in [0.5, 0.6) is 0 Å². The molecule has 1 N–H and O–H groups in total. The number of amides is 1. The van der Waals surface area contributed by atoms with Gasteiger partial charge in [0, 0.05) is 43.0 Å². The van der Waals surface area contributed by atoms with Crippen LogP contribution in [0.2, 0.25) is 5.02 Å². The van der Waals surface area contributed by atoms with Crippen molar-refractivity contribution in [1.82, 2.24) is 14.7 Å². The van der Waals surface area contributed by atoms with Crippen LogP contribution < -0.4 is 5.32 Å². The Morgan fingerprint density at radius 1 is 1.31 bits per heavy atom. The van der Waals surface area contributed by atoms with Crippen LogP contribution in [0.25, 0.3) is 0 Å². The molecular weight excluding hydrogens is 369 g/mol. The number of aryl methyl sites for hydroxylation is 1. The summed E-state index contributed by atoms with van der Waals surface area (Å²) in [7, 11) is 1.25. The molecule has 9 heteroatoms. The number of halogens is 4. The molecule has 1 amide bonds. The molecule has 1 aliphatic rings. The molecule has 1 saturated heterocycles. The van der Waals surface area contributed by atoms with Crippen molar-refractivity contribution in [1.29, 1.82) is 0 Å². The maximum atomic E-state index is 13.2. The van der Waals surface area contributed by atoms with Gasteiger partial charge in [0.1, 0.15) is 5.69 Å². The summed E-state index contributed by atoms with van der Waals surface area (Å²) in [5, 5.41) is 7.02. The van der Waals surface area contributed by atoms with E-state index >= 15 is 0 Å². The first-order valence-corrected chi connectivity index (χ1v) is 8.56. The zero-order chi connectivity index (χ0) is 18.9. The van der Waals surface area contributed by atoms with E-state index in [4.69, 9.17) is 11.6 Å². The Morgan fingerprint density at radius 3 is 2.65 bits per heavy atom. The van der Waals surface area contributed by atoms with Crippen molar-refractivity contribution in [2.75, 3.05) is 18.4 Å². The Hall–Kier alpha value is -2.22. The van der Waals surface area contributed by atoms with Gasteiger partial charge in [0.15, 0.2) is 0 Å². The normalized spacial score (nSPS) is 14.7. The fourth-order valence-corrected chi connectivity index (χ4v) is 3.28. The third-order valence-corrected chi connectivity index (χ3v) is 4.59. The maximum Gasteiger partial charge on any atom is 0.433 e. The number of likely N-dealkylation sites (tertiary alicyclic amines) is 1. The minimum atomic E-state index is -4.50. The fraction of sp³-hybridized carbons (Fsp3) is 0.412. The molecule has 0 saturated carbocycles. The fourth-order valence-electron chi connectivity index (χ4n) is 3.11. The van der Waals surface area contributed by atoms with Crippen LogP contribution in [0.1, 0.15) is 34.5 Å². The molecule has 1 aromatic heterocycles. The average molecular weight is 387 g/mol. The summed E-state index contributed by atoms with van der Waals surface area (Å²) in [6, 6.07) is 4.74. The molecule has 0 atom stereocenters. The van der Waals surface area contributed by atoms with Gasteiger partial charge >= 0.3 is 6.18 Å². The van der Waals surface area contributed by atoms with E-state index in [1.54, 1.807) is 23.1 Å². The first-order chi connectivity index (χ1) is 12.3. The molecular formula is C17H18ClF3N4O. The van der Waals surface area contributed by atoms with Crippen molar-refractivity contribution in [3.05, 3.63) is 46.2 Å². The SMILES string of the molecule is Cn1ncc(CNc2ccc(Cl)cc2C(=O)N2CCCC2)c1C(F)(F)F. The van der Waals surface area contributed by atoms with Crippen LogP contribution in [-0.4, -0.2) is 33.7 Å². The number of benzene rings is 1. The second-order valence-electron chi connectivity index (χ2n) is 6.18. The number of hydrogen-bond acceptors (Lipinski definition) is 3. The standard InChI is InChI=1S/C17H18ClF3N4O/c1-24-15(17(19,20)21)11(10-23-24)9-22-14-5-4-12(18)8-13(14)16(26)25-6-2-3-7-25/h4-5,8,10,22H,2-3,6-7,9H2,1H3. The number of nitrogens with zero attached hydrogens (tertiary/aromatic N) is 3. The van der Waals surface area contributed by atoms with Gasteiger partial charge < -0.3 is 10.2 Å². The number of alkyl halides is 3. The lowest BCUT2D eigenvalue weighted by atomic mass is 10.1. The number of rotatable bonds is 4. The topological polar surface area (TPSA) is 50.2 Å². The van der Waals surface area contributed by atoms with Gasteiger partial charge in [0.05, 0.1) is 11.8 Å². The highest BCUT2D eigenvalue weighted by atomic mass is 35.5. The molecule has 0 radical (unpaired) electrons. The van der Waals surface area contributed by atoms with Gasteiger partial charge in [0.25, 0.3) is 5.91 Å². The highest BCUT2D eigenvalue weighted by Crippen LogP contribution is 2.32. The third-order valence-electron chi connectivity index (χ3n) is 4.36. The van der Waals surface area contributed by atoms with Crippen LogP contribution >= 0.6 is 11.6 Å². The third kappa shape index (κ3) is 3.80. The van der Waals surface area contributed by atoms with Crippen molar-refractivity contribution in [2.24, 2.45) is 7.05 Å². The van der Waals surface area contributed by atoms with Crippen molar-refractivity contribution >= 4 is 23.2 Å². The summed E-state index contributed by atoms with van der Waals surface area (Å²) in [4.78, 5) is 14.4. The molecule has 0 aliphatic carbocycles. The molecule has 3 rings (SSSR count). The lowest BCUT2D eigenvalue weighted by Gasteiger charge is -2.19. The van der Waals surface area contributed by atoms with Gasteiger partial charge in [-0.15, -0.1) is 0 Å². The predicted molar refractivity (Wildman–Crippen MR) is 92.1 cm³/mol. The second kappa shape index (κ2) is 7.19. The minimum absolute atomic E-state index is 0.00882. The van der Waals surface area contributed by atoms with Crippen molar-refractivity contribution in [3.8, 4) is 0 Å². The zero-order valence-electron chi connectivity index (χ0n) is 14.1. The van der Waals surface area contributed by atoms with Crippen molar-refractivity contribution in [3.63, 3.8) is 0 Å². The quantitative estimate of drug-likeness (QED) is 0.865. The van der Waals surface area contributed by atoms with E-state index in [2.05, 4.69) is 10.4 Å². The Bertz CT molecular complexity index is 813. The average Bonchev–Trinajstić information content (AvgIpc) is 3.22. The second-order valence-corrected chi connectivity index (χ2v) is 6.62. The minimum Gasteiger partial charge on any atom is -0.380 e. The van der Waals surface area contributed by atoms with E-state index in [1.165, 1.54) is 13.2 Å². The Kier molecular flexibility index (Phi) is 5.13. The van der Waals surface area contributed by atoms with Crippen LogP contribution in [0.15, 0.2) is 24.4 Å². The van der Waals surface area contributed by atoms with E-state index in [-0.39, 0.29) is 18.0 Å². The van der Waals surface area contributed by atoms with Crippen LogP contribution in [0, 0.1) is 0 Å². The highest BCUT2D eigenvalue weighted by Gasteiger charge is 2.37. The van der Waals surface area contributed by atoms with Gasteiger partial charge in [-0.2, -0.15) is 18.3 Å². The molecule has 2 aromatic rings. The molecule has 140 valence electrons. The smallest absolute Gasteiger partial charge is 0.380 e. The number of nitrogens with one attached hydrogen (secondary N) is 1. The van der Waals surface area contributed by atoms with Gasteiger partial charge in [-0.3, -0.25) is 9.48 Å². The van der Waals surface area contributed by atoms with Crippen LogP contribution in [0.3, 0.4) is 0 Å². The largest absolute Gasteiger partial charge is 0.433 e. The summed E-state index contributed by atoms with van der Waals surface area (Å²) in [5.74, 6) is -0.172. The molecule has 2 heterocycles. The van der Waals surface area contributed by atoms with E-state index in [1.807, 2.05) is 0 Å². The van der Waals surface area contributed by atoms with E-state index in [0.29, 0.717) is 29.4 Å². The lowest BCUT2D eigenvalue weighted by Crippen LogP contribution is -2.28. The zero-order valence-corrected chi connectivity index (χ0v) is 14.9. The number of carbonyl (C=O) groups excluding carboxylic acids is 1. The van der Waals surface area contributed by atoms with Crippen LogP contribution in [0.4, 0.5) is 18.9 Å². The van der Waals surface area contributed by atoms with Crippen molar-refractivity contribution < 1.29 is 18.0 Å². The monoisotopic (exact) mass is 386 g/mol. The molecule has 0 unspecified atom stereocenters. The summed E-state index contributed by atoms with van der Waals surface area (Å²) < 4.78 is 40.3. The van der Waals surface area contributed by atoms with Gasteiger partial charge in [0.2, 0.25) is 0 Å². The molecule has 5 nitrogen and oxygen atoms in total. The van der Waals surface area contributed by atoms with Crippen LogP contribution in [-0.2, 0) is 19.8 Å². The summed E-state index contributed by atoms with van der Waals surface area (Å²) >= 11 is 6.01. The molecule has 26 heavy (non-hydrogen) atoms. The number of aromatic nitrogens is 2. The lowest BCUT2D eigenvalue weighted by molar-refractivity contribution is -0.144. The first kappa shape index (κ1) is 18.6. The van der Waals surface area contributed by atoms with E-state index in [0.717, 1.165) is 17.5 Å². The molecule has 1 aliphatic heterocycles. The Labute approximate surface area is 153 Å². The summed E-state index contributed by atoms with van der Waals surface area (Å²) in [6.45, 7) is 1.24. The molecule has 0 spiro atoms. The molecule has 0 bridgehead atoms. The Balaban J connectivity index is 1.84. The van der Waals surface area contributed by atoms with E-state index < -0.39 is 11.9 Å².